The predicted octanol–water partition coefficient (Wildman–Crippen LogP) is 2.21. The summed E-state index contributed by atoms with van der Waals surface area (Å²) in [6.45, 7) is 2.00. The van der Waals surface area contributed by atoms with Crippen LogP contribution >= 0.6 is 0 Å². The van der Waals surface area contributed by atoms with Gasteiger partial charge in [0.1, 0.15) is 0 Å². The fourth-order valence-corrected chi connectivity index (χ4v) is 1.46. The topological polar surface area (TPSA) is 39.9 Å². The van der Waals surface area contributed by atoms with Crippen molar-refractivity contribution in [1.29, 1.82) is 5.26 Å². The molecular weight excluding hydrogens is 186 g/mol. The molecule has 1 aromatic heterocycles. The highest BCUT2D eigenvalue weighted by molar-refractivity contribution is 5.09. The summed E-state index contributed by atoms with van der Waals surface area (Å²) in [7, 11) is 2.10. The zero-order valence-electron chi connectivity index (χ0n) is 9.19. The first-order chi connectivity index (χ1) is 7.33. The van der Waals surface area contributed by atoms with Crippen LogP contribution in [0.15, 0.2) is 24.5 Å². The predicted molar refractivity (Wildman–Crippen MR) is 60.0 cm³/mol. The minimum Gasteiger partial charge on any atom is -0.302 e. The third-order valence-corrected chi connectivity index (χ3v) is 2.28. The summed E-state index contributed by atoms with van der Waals surface area (Å²) in [4.78, 5) is 6.26. The Morgan fingerprint density at radius 1 is 1.33 bits per heavy atom. The maximum absolute atomic E-state index is 8.40. The summed E-state index contributed by atoms with van der Waals surface area (Å²) in [6.07, 6.45) is 6.40. The molecule has 0 aliphatic carbocycles. The van der Waals surface area contributed by atoms with Crippen molar-refractivity contribution >= 4 is 0 Å². The Kier molecular flexibility index (Phi) is 5.42. The van der Waals surface area contributed by atoms with E-state index in [1.165, 1.54) is 5.56 Å². The maximum Gasteiger partial charge on any atom is 0.0621 e. The molecule has 0 aromatic carbocycles. The molecule has 0 spiro atoms. The molecular formula is C12H17N3. The largest absolute Gasteiger partial charge is 0.302 e. The van der Waals surface area contributed by atoms with E-state index in [0.717, 1.165) is 25.9 Å². The Balaban J connectivity index is 2.19. The highest BCUT2D eigenvalue weighted by Gasteiger charge is 1.99. The van der Waals surface area contributed by atoms with Crippen LogP contribution in [0.3, 0.4) is 0 Å². The number of aromatic nitrogens is 1. The minimum absolute atomic E-state index is 0.670. The van der Waals surface area contributed by atoms with E-state index in [9.17, 15) is 0 Å². The second kappa shape index (κ2) is 6.97. The van der Waals surface area contributed by atoms with E-state index in [0.29, 0.717) is 6.42 Å². The van der Waals surface area contributed by atoms with Gasteiger partial charge in [0, 0.05) is 25.4 Å². The van der Waals surface area contributed by atoms with Crippen molar-refractivity contribution in [2.45, 2.75) is 25.8 Å². The minimum atomic E-state index is 0.670. The summed E-state index contributed by atoms with van der Waals surface area (Å²) in [5.41, 5.74) is 1.28. The van der Waals surface area contributed by atoms with Gasteiger partial charge in [-0.25, -0.2) is 0 Å². The van der Waals surface area contributed by atoms with Gasteiger partial charge < -0.3 is 4.90 Å². The average Bonchev–Trinajstić information content (AvgIpc) is 2.26. The number of pyridine rings is 1. The fourth-order valence-electron chi connectivity index (χ4n) is 1.46. The van der Waals surface area contributed by atoms with Gasteiger partial charge >= 0.3 is 0 Å². The van der Waals surface area contributed by atoms with Gasteiger partial charge in [-0.3, -0.25) is 4.98 Å². The molecule has 0 unspecified atom stereocenters. The van der Waals surface area contributed by atoms with Gasteiger partial charge in [0.25, 0.3) is 0 Å². The van der Waals surface area contributed by atoms with Gasteiger partial charge in [-0.2, -0.15) is 5.26 Å². The van der Waals surface area contributed by atoms with E-state index in [2.05, 4.69) is 23.0 Å². The van der Waals surface area contributed by atoms with Gasteiger partial charge in [-0.15, -0.1) is 0 Å². The monoisotopic (exact) mass is 203 g/mol. The van der Waals surface area contributed by atoms with Crippen molar-refractivity contribution in [2.75, 3.05) is 13.6 Å². The third-order valence-electron chi connectivity index (χ3n) is 2.28. The molecule has 80 valence electrons. The first-order valence-corrected chi connectivity index (χ1v) is 5.27. The first-order valence-electron chi connectivity index (χ1n) is 5.27. The molecule has 0 atom stereocenters. The molecule has 0 aliphatic heterocycles. The van der Waals surface area contributed by atoms with E-state index in [1.807, 2.05) is 24.5 Å². The first kappa shape index (κ1) is 11.7. The fraction of sp³-hybridized carbons (Fsp3) is 0.500. The summed E-state index contributed by atoms with van der Waals surface area (Å²) < 4.78 is 0. The van der Waals surface area contributed by atoms with Crippen LogP contribution < -0.4 is 0 Å². The van der Waals surface area contributed by atoms with Crippen molar-refractivity contribution in [3.05, 3.63) is 30.1 Å². The summed E-state index contributed by atoms with van der Waals surface area (Å²) in [6, 6.07) is 6.23. The lowest BCUT2D eigenvalue weighted by atomic mass is 10.2. The zero-order valence-corrected chi connectivity index (χ0v) is 9.19. The number of nitrogens with zero attached hydrogens (tertiary/aromatic N) is 3. The van der Waals surface area contributed by atoms with Crippen LogP contribution in [0.25, 0.3) is 0 Å². The molecule has 0 amide bonds. The Morgan fingerprint density at radius 2 is 2.07 bits per heavy atom. The highest BCUT2D eigenvalue weighted by atomic mass is 15.1. The Hall–Kier alpha value is -1.40. The standard InChI is InChI=1S/C12H17N3/c1-15(10-4-2-3-7-13)11-12-5-8-14-9-6-12/h5-6,8-9H,2-4,10-11H2,1H3. The van der Waals surface area contributed by atoms with Crippen LogP contribution in [0.4, 0.5) is 0 Å². The number of hydrogen-bond donors (Lipinski definition) is 0. The van der Waals surface area contributed by atoms with Crippen LogP contribution in [-0.2, 0) is 6.54 Å². The summed E-state index contributed by atoms with van der Waals surface area (Å²) in [5.74, 6) is 0. The van der Waals surface area contributed by atoms with Gasteiger partial charge in [-0.05, 0) is 44.1 Å². The molecule has 1 heterocycles. The summed E-state index contributed by atoms with van der Waals surface area (Å²) in [5, 5.41) is 8.40. The van der Waals surface area contributed by atoms with Crippen molar-refractivity contribution in [2.24, 2.45) is 0 Å². The Bertz CT molecular complexity index is 302. The molecule has 0 radical (unpaired) electrons. The van der Waals surface area contributed by atoms with E-state index >= 15 is 0 Å². The van der Waals surface area contributed by atoms with E-state index in [1.54, 1.807) is 0 Å². The van der Waals surface area contributed by atoms with Gasteiger partial charge in [-0.1, -0.05) is 0 Å². The zero-order chi connectivity index (χ0) is 10.9. The van der Waals surface area contributed by atoms with Crippen LogP contribution in [-0.4, -0.2) is 23.5 Å². The molecule has 0 aliphatic rings. The number of nitriles is 1. The quantitative estimate of drug-likeness (QED) is 0.665. The van der Waals surface area contributed by atoms with E-state index in [-0.39, 0.29) is 0 Å². The molecule has 3 nitrogen and oxygen atoms in total. The highest BCUT2D eigenvalue weighted by Crippen LogP contribution is 2.03. The normalized spacial score (nSPS) is 10.2. The molecule has 0 bridgehead atoms. The third kappa shape index (κ3) is 5.14. The van der Waals surface area contributed by atoms with Crippen molar-refractivity contribution in [1.82, 2.24) is 9.88 Å². The lowest BCUT2D eigenvalue weighted by molar-refractivity contribution is 0.319. The van der Waals surface area contributed by atoms with Crippen LogP contribution in [0.1, 0.15) is 24.8 Å². The molecule has 0 saturated carbocycles. The second-order valence-corrected chi connectivity index (χ2v) is 3.71. The molecule has 3 heteroatoms. The van der Waals surface area contributed by atoms with Crippen LogP contribution in [0, 0.1) is 11.3 Å². The van der Waals surface area contributed by atoms with Crippen LogP contribution in [0.2, 0.25) is 0 Å². The number of hydrogen-bond acceptors (Lipinski definition) is 3. The SMILES string of the molecule is CN(CCCCC#N)Cc1ccncc1. The Labute approximate surface area is 91.4 Å². The summed E-state index contributed by atoms with van der Waals surface area (Å²) >= 11 is 0. The van der Waals surface area contributed by atoms with Gasteiger partial charge in [0.05, 0.1) is 6.07 Å². The van der Waals surface area contributed by atoms with E-state index < -0.39 is 0 Å². The lowest BCUT2D eigenvalue weighted by Crippen LogP contribution is -2.18. The second-order valence-electron chi connectivity index (χ2n) is 3.71. The average molecular weight is 203 g/mol. The molecule has 0 N–H and O–H groups in total. The smallest absolute Gasteiger partial charge is 0.0621 e. The van der Waals surface area contributed by atoms with E-state index in [4.69, 9.17) is 5.26 Å². The molecule has 1 aromatic rings. The molecule has 1 rings (SSSR count). The molecule has 15 heavy (non-hydrogen) atoms. The number of unbranched alkanes of at least 4 members (excludes halogenated alkanes) is 2. The van der Waals surface area contributed by atoms with Gasteiger partial charge in [0.2, 0.25) is 0 Å². The number of rotatable bonds is 6. The molecule has 0 fully saturated rings. The maximum atomic E-state index is 8.40. The van der Waals surface area contributed by atoms with Crippen molar-refractivity contribution in [3.8, 4) is 6.07 Å². The van der Waals surface area contributed by atoms with Gasteiger partial charge in [0.15, 0.2) is 0 Å². The van der Waals surface area contributed by atoms with Crippen LogP contribution in [0.5, 0.6) is 0 Å². The molecule has 0 saturated heterocycles. The lowest BCUT2D eigenvalue weighted by Gasteiger charge is -2.15. The van der Waals surface area contributed by atoms with Crippen molar-refractivity contribution < 1.29 is 0 Å². The Morgan fingerprint density at radius 3 is 2.73 bits per heavy atom. The van der Waals surface area contributed by atoms with Crippen molar-refractivity contribution in [3.63, 3.8) is 0 Å².